The van der Waals surface area contributed by atoms with E-state index in [2.05, 4.69) is 4.98 Å². The van der Waals surface area contributed by atoms with E-state index in [0.717, 1.165) is 0 Å². The Morgan fingerprint density at radius 3 is 2.88 bits per heavy atom. The van der Waals surface area contributed by atoms with Crippen molar-refractivity contribution >= 4 is 17.3 Å². The van der Waals surface area contributed by atoms with Gasteiger partial charge in [0.1, 0.15) is 11.6 Å². The highest BCUT2D eigenvalue weighted by atomic mass is 16.6. The summed E-state index contributed by atoms with van der Waals surface area (Å²) < 4.78 is 4.91. The van der Waals surface area contributed by atoms with Crippen LogP contribution in [-0.4, -0.2) is 37.2 Å². The van der Waals surface area contributed by atoms with E-state index in [1.807, 2.05) is 0 Å². The largest absolute Gasteiger partial charge is 0.383 e. The Kier molecular flexibility index (Phi) is 4.01. The van der Waals surface area contributed by atoms with Crippen LogP contribution in [0, 0.1) is 10.1 Å². The fraction of sp³-hybridized carbons (Fsp3) is 0.444. The first-order valence-corrected chi connectivity index (χ1v) is 4.66. The molecule has 0 saturated heterocycles. The lowest BCUT2D eigenvalue weighted by molar-refractivity contribution is -0.384. The molecule has 0 aliphatic carbocycles. The zero-order chi connectivity index (χ0) is 12.1. The summed E-state index contributed by atoms with van der Waals surface area (Å²) in [5.74, 6) is 0.595. The molecule has 0 atom stereocenters. The molecular formula is C9H14N4O3. The molecule has 0 saturated carbocycles. The summed E-state index contributed by atoms with van der Waals surface area (Å²) in [6.45, 7) is 1.10. The second kappa shape index (κ2) is 5.26. The van der Waals surface area contributed by atoms with E-state index in [0.29, 0.717) is 19.0 Å². The number of aromatic nitrogens is 1. The Morgan fingerprint density at radius 2 is 2.31 bits per heavy atom. The van der Waals surface area contributed by atoms with E-state index < -0.39 is 4.92 Å². The molecule has 0 aromatic carbocycles. The molecule has 2 N–H and O–H groups in total. The van der Waals surface area contributed by atoms with Crippen molar-refractivity contribution in [2.24, 2.45) is 0 Å². The molecule has 7 heteroatoms. The number of hydrogen-bond donors (Lipinski definition) is 1. The van der Waals surface area contributed by atoms with Gasteiger partial charge in [-0.15, -0.1) is 0 Å². The minimum absolute atomic E-state index is 0.0632. The van der Waals surface area contributed by atoms with Gasteiger partial charge in [-0.05, 0) is 0 Å². The quantitative estimate of drug-likeness (QED) is 0.585. The van der Waals surface area contributed by atoms with Gasteiger partial charge in [0.2, 0.25) is 0 Å². The van der Waals surface area contributed by atoms with Crippen molar-refractivity contribution in [3.63, 3.8) is 0 Å². The van der Waals surface area contributed by atoms with Crippen molar-refractivity contribution in [2.45, 2.75) is 0 Å². The van der Waals surface area contributed by atoms with Gasteiger partial charge in [0.15, 0.2) is 0 Å². The average Bonchev–Trinajstić information content (AvgIpc) is 2.24. The number of rotatable bonds is 5. The lowest BCUT2D eigenvalue weighted by atomic mass is 10.3. The second-order valence-corrected chi connectivity index (χ2v) is 3.28. The Morgan fingerprint density at radius 1 is 1.62 bits per heavy atom. The Labute approximate surface area is 93.0 Å². The molecule has 88 valence electrons. The first-order chi connectivity index (χ1) is 7.54. The molecule has 0 amide bonds. The molecular weight excluding hydrogens is 212 g/mol. The van der Waals surface area contributed by atoms with Gasteiger partial charge in [-0.25, -0.2) is 4.98 Å². The fourth-order valence-electron chi connectivity index (χ4n) is 1.17. The number of likely N-dealkylation sites (N-methyl/N-ethyl adjacent to an activating group) is 1. The topological polar surface area (TPSA) is 94.5 Å². The van der Waals surface area contributed by atoms with Crippen LogP contribution in [0.4, 0.5) is 17.3 Å². The standard InChI is InChI=1S/C9H14N4O3/c1-12(3-4-16-2)9-6-7(13(14)15)5-8(10)11-9/h5-6H,3-4H2,1-2H3,(H2,10,11). The summed E-state index contributed by atoms with van der Waals surface area (Å²) >= 11 is 0. The Hall–Kier alpha value is -1.89. The van der Waals surface area contributed by atoms with Crippen LogP contribution < -0.4 is 10.6 Å². The van der Waals surface area contributed by atoms with Gasteiger partial charge in [0.05, 0.1) is 23.7 Å². The van der Waals surface area contributed by atoms with Crippen LogP contribution in [0.3, 0.4) is 0 Å². The lowest BCUT2D eigenvalue weighted by Crippen LogP contribution is -2.23. The molecule has 0 aliphatic rings. The van der Waals surface area contributed by atoms with E-state index in [-0.39, 0.29) is 11.5 Å². The number of nitro groups is 1. The van der Waals surface area contributed by atoms with Crippen LogP contribution in [0.15, 0.2) is 12.1 Å². The number of hydrogen-bond acceptors (Lipinski definition) is 6. The van der Waals surface area contributed by atoms with Gasteiger partial charge in [-0.3, -0.25) is 10.1 Å². The maximum atomic E-state index is 10.6. The first-order valence-electron chi connectivity index (χ1n) is 4.66. The van der Waals surface area contributed by atoms with E-state index in [4.69, 9.17) is 10.5 Å². The predicted molar refractivity (Wildman–Crippen MR) is 60.4 cm³/mol. The number of nitrogens with zero attached hydrogens (tertiary/aromatic N) is 3. The molecule has 0 fully saturated rings. The van der Waals surface area contributed by atoms with Crippen LogP contribution in [0.25, 0.3) is 0 Å². The maximum Gasteiger partial charge on any atom is 0.276 e. The Balaban J connectivity index is 2.91. The molecule has 0 bridgehead atoms. The maximum absolute atomic E-state index is 10.6. The normalized spacial score (nSPS) is 10.1. The molecule has 0 unspecified atom stereocenters. The average molecular weight is 226 g/mol. The highest BCUT2D eigenvalue weighted by Gasteiger charge is 2.12. The number of methoxy groups -OCH3 is 1. The van der Waals surface area contributed by atoms with Crippen molar-refractivity contribution in [1.82, 2.24) is 4.98 Å². The van der Waals surface area contributed by atoms with E-state index in [1.54, 1.807) is 19.1 Å². The molecule has 7 nitrogen and oxygen atoms in total. The summed E-state index contributed by atoms with van der Waals surface area (Å²) in [6.07, 6.45) is 0. The number of pyridine rings is 1. The summed E-state index contributed by atoms with van der Waals surface area (Å²) in [5, 5.41) is 10.6. The Bertz CT molecular complexity index is 383. The van der Waals surface area contributed by atoms with Gasteiger partial charge < -0.3 is 15.4 Å². The van der Waals surface area contributed by atoms with Crippen LogP contribution in [0.1, 0.15) is 0 Å². The van der Waals surface area contributed by atoms with E-state index >= 15 is 0 Å². The van der Waals surface area contributed by atoms with Gasteiger partial charge in [-0.1, -0.05) is 0 Å². The molecule has 1 rings (SSSR count). The van der Waals surface area contributed by atoms with Crippen LogP contribution in [0.2, 0.25) is 0 Å². The molecule has 0 radical (unpaired) electrons. The third kappa shape index (κ3) is 3.06. The third-order valence-corrected chi connectivity index (χ3v) is 2.05. The summed E-state index contributed by atoms with van der Waals surface area (Å²) in [6, 6.07) is 2.61. The van der Waals surface area contributed by atoms with Crippen molar-refractivity contribution < 1.29 is 9.66 Å². The van der Waals surface area contributed by atoms with Gasteiger partial charge >= 0.3 is 0 Å². The third-order valence-electron chi connectivity index (χ3n) is 2.05. The predicted octanol–water partition coefficient (Wildman–Crippen LogP) is 0.655. The number of anilines is 2. The van der Waals surface area contributed by atoms with E-state index in [9.17, 15) is 10.1 Å². The molecule has 0 spiro atoms. The molecule has 1 aromatic rings. The van der Waals surface area contributed by atoms with Gasteiger partial charge in [0, 0.05) is 20.7 Å². The highest BCUT2D eigenvalue weighted by molar-refractivity contribution is 5.53. The van der Waals surface area contributed by atoms with Crippen molar-refractivity contribution in [3.8, 4) is 0 Å². The minimum atomic E-state index is -0.494. The summed E-state index contributed by atoms with van der Waals surface area (Å²) in [5.41, 5.74) is 5.43. The molecule has 1 aromatic heterocycles. The number of ether oxygens (including phenoxy) is 1. The van der Waals surface area contributed by atoms with Crippen molar-refractivity contribution in [2.75, 3.05) is 37.9 Å². The molecule has 16 heavy (non-hydrogen) atoms. The minimum Gasteiger partial charge on any atom is -0.383 e. The first kappa shape index (κ1) is 12.2. The smallest absolute Gasteiger partial charge is 0.276 e. The van der Waals surface area contributed by atoms with E-state index in [1.165, 1.54) is 12.1 Å². The zero-order valence-corrected chi connectivity index (χ0v) is 9.21. The second-order valence-electron chi connectivity index (χ2n) is 3.28. The lowest BCUT2D eigenvalue weighted by Gasteiger charge is -2.17. The fourth-order valence-corrected chi connectivity index (χ4v) is 1.17. The van der Waals surface area contributed by atoms with Crippen LogP contribution in [0.5, 0.6) is 0 Å². The van der Waals surface area contributed by atoms with Crippen molar-refractivity contribution in [3.05, 3.63) is 22.2 Å². The number of nitrogens with two attached hydrogens (primary N) is 1. The molecule has 1 heterocycles. The zero-order valence-electron chi connectivity index (χ0n) is 9.21. The monoisotopic (exact) mass is 226 g/mol. The van der Waals surface area contributed by atoms with Crippen LogP contribution in [-0.2, 0) is 4.74 Å². The van der Waals surface area contributed by atoms with Gasteiger partial charge in [-0.2, -0.15) is 0 Å². The summed E-state index contributed by atoms with van der Waals surface area (Å²) in [7, 11) is 3.35. The number of nitrogen functional groups attached to an aromatic ring is 1. The SMILES string of the molecule is COCCN(C)c1cc([N+](=O)[O-])cc(N)n1. The molecule has 0 aliphatic heterocycles. The van der Waals surface area contributed by atoms with Gasteiger partial charge in [0.25, 0.3) is 5.69 Å². The van der Waals surface area contributed by atoms with Crippen LogP contribution >= 0.6 is 0 Å². The highest BCUT2D eigenvalue weighted by Crippen LogP contribution is 2.20. The van der Waals surface area contributed by atoms with Crippen molar-refractivity contribution in [1.29, 1.82) is 0 Å². The summed E-state index contributed by atoms with van der Waals surface area (Å²) in [4.78, 5) is 15.9.